The van der Waals surface area contributed by atoms with Gasteiger partial charge in [0.1, 0.15) is 0 Å². The summed E-state index contributed by atoms with van der Waals surface area (Å²) in [6, 6.07) is 0. The van der Waals surface area contributed by atoms with E-state index in [9.17, 15) is 0 Å². The maximum Gasteiger partial charge on any atom is 0.191 e. The highest BCUT2D eigenvalue weighted by Gasteiger charge is 2.14. The van der Waals surface area contributed by atoms with Crippen molar-refractivity contribution in [2.45, 2.75) is 19.3 Å². The van der Waals surface area contributed by atoms with E-state index in [-0.39, 0.29) is 0 Å². The van der Waals surface area contributed by atoms with Gasteiger partial charge in [0, 0.05) is 32.8 Å². The third-order valence-corrected chi connectivity index (χ3v) is 2.80. The molecule has 1 fully saturated rings. The molecule has 0 unspecified atom stereocenters. The molecule has 80 valence electrons. The average molecular weight is 197 g/mol. The third kappa shape index (κ3) is 2.87. The maximum atomic E-state index is 5.32. The molecule has 4 heteroatoms. The van der Waals surface area contributed by atoms with Gasteiger partial charge in [-0.1, -0.05) is 0 Å². The van der Waals surface area contributed by atoms with E-state index in [2.05, 4.69) is 15.6 Å². The van der Waals surface area contributed by atoms with Crippen LogP contribution < -0.4 is 10.6 Å². The first kappa shape index (κ1) is 9.77. The van der Waals surface area contributed by atoms with Gasteiger partial charge in [-0.2, -0.15) is 0 Å². The Morgan fingerprint density at radius 3 is 3.00 bits per heavy atom. The van der Waals surface area contributed by atoms with Gasteiger partial charge in [0.25, 0.3) is 0 Å². The summed E-state index contributed by atoms with van der Waals surface area (Å²) >= 11 is 0. The molecular formula is C10H19N3O. The highest BCUT2D eigenvalue weighted by molar-refractivity contribution is 5.80. The van der Waals surface area contributed by atoms with Gasteiger partial charge in [0.05, 0.1) is 0 Å². The average Bonchev–Trinajstić information content (AvgIpc) is 2.29. The Labute approximate surface area is 85.1 Å². The van der Waals surface area contributed by atoms with Crippen LogP contribution in [0, 0.1) is 5.92 Å². The van der Waals surface area contributed by atoms with Crippen molar-refractivity contribution in [3.63, 3.8) is 0 Å². The van der Waals surface area contributed by atoms with Crippen LogP contribution in [0.1, 0.15) is 19.3 Å². The minimum atomic E-state index is 0.759. The molecule has 0 radical (unpaired) electrons. The van der Waals surface area contributed by atoms with Crippen molar-refractivity contribution in [3.8, 4) is 0 Å². The molecule has 2 rings (SSSR count). The van der Waals surface area contributed by atoms with Crippen LogP contribution in [0.4, 0.5) is 0 Å². The van der Waals surface area contributed by atoms with E-state index >= 15 is 0 Å². The largest absolute Gasteiger partial charge is 0.381 e. The van der Waals surface area contributed by atoms with E-state index in [0.717, 1.165) is 51.1 Å². The summed E-state index contributed by atoms with van der Waals surface area (Å²) in [6.45, 7) is 4.90. The molecule has 1 saturated heterocycles. The Bertz CT molecular complexity index is 200. The normalized spacial score (nSPS) is 23.9. The van der Waals surface area contributed by atoms with Crippen LogP contribution in [0.5, 0.6) is 0 Å². The Kier molecular flexibility index (Phi) is 3.63. The summed E-state index contributed by atoms with van der Waals surface area (Å²) in [4.78, 5) is 4.38. The van der Waals surface area contributed by atoms with Crippen LogP contribution in [-0.4, -0.2) is 38.8 Å². The van der Waals surface area contributed by atoms with Crippen molar-refractivity contribution in [1.29, 1.82) is 0 Å². The predicted octanol–water partition coefficient (Wildman–Crippen LogP) is 0.352. The van der Waals surface area contributed by atoms with Gasteiger partial charge < -0.3 is 15.4 Å². The summed E-state index contributed by atoms with van der Waals surface area (Å²) in [6.07, 6.45) is 3.52. The van der Waals surface area contributed by atoms with Gasteiger partial charge in [0.2, 0.25) is 0 Å². The van der Waals surface area contributed by atoms with Gasteiger partial charge in [-0.25, -0.2) is 0 Å². The molecule has 0 atom stereocenters. The fourth-order valence-corrected chi connectivity index (χ4v) is 1.84. The SMILES string of the molecule is C1CN=C(NCC2CCOCC2)NC1. The van der Waals surface area contributed by atoms with E-state index in [0.29, 0.717) is 0 Å². The Morgan fingerprint density at radius 2 is 2.29 bits per heavy atom. The first-order valence-electron chi connectivity index (χ1n) is 5.55. The molecule has 0 spiro atoms. The first-order valence-corrected chi connectivity index (χ1v) is 5.55. The molecule has 0 aliphatic carbocycles. The van der Waals surface area contributed by atoms with Gasteiger partial charge >= 0.3 is 0 Å². The van der Waals surface area contributed by atoms with Gasteiger partial charge in [-0.05, 0) is 25.2 Å². The lowest BCUT2D eigenvalue weighted by Gasteiger charge is -2.24. The van der Waals surface area contributed by atoms with E-state index in [1.165, 1.54) is 12.8 Å². The number of nitrogens with zero attached hydrogens (tertiary/aromatic N) is 1. The van der Waals surface area contributed by atoms with Crippen LogP contribution in [-0.2, 0) is 4.74 Å². The van der Waals surface area contributed by atoms with E-state index < -0.39 is 0 Å². The molecule has 2 aliphatic heterocycles. The monoisotopic (exact) mass is 197 g/mol. The molecule has 14 heavy (non-hydrogen) atoms. The van der Waals surface area contributed by atoms with Crippen molar-refractivity contribution in [2.24, 2.45) is 10.9 Å². The molecule has 0 aromatic rings. The Hall–Kier alpha value is -0.770. The van der Waals surface area contributed by atoms with Crippen LogP contribution >= 0.6 is 0 Å². The molecule has 0 amide bonds. The minimum Gasteiger partial charge on any atom is -0.381 e. The summed E-state index contributed by atoms with van der Waals surface area (Å²) < 4.78 is 5.32. The number of rotatable bonds is 2. The van der Waals surface area contributed by atoms with E-state index in [1.807, 2.05) is 0 Å². The number of aliphatic imine (C=N–C) groups is 1. The number of hydrogen-bond acceptors (Lipinski definition) is 4. The molecule has 0 saturated carbocycles. The molecule has 4 nitrogen and oxygen atoms in total. The number of ether oxygens (including phenoxy) is 1. The lowest BCUT2D eigenvalue weighted by molar-refractivity contribution is 0.0675. The van der Waals surface area contributed by atoms with Crippen molar-refractivity contribution in [3.05, 3.63) is 0 Å². The van der Waals surface area contributed by atoms with E-state index in [1.54, 1.807) is 0 Å². The predicted molar refractivity (Wildman–Crippen MR) is 56.5 cm³/mol. The third-order valence-electron chi connectivity index (χ3n) is 2.80. The number of hydrogen-bond donors (Lipinski definition) is 2. The standard InChI is InChI=1S/C10H19N3O/c1-4-11-10(12-5-1)13-8-9-2-6-14-7-3-9/h9H,1-8H2,(H2,11,12,13). The molecule has 0 bridgehead atoms. The molecule has 0 aromatic carbocycles. The quantitative estimate of drug-likeness (QED) is 0.671. The smallest absolute Gasteiger partial charge is 0.191 e. The zero-order valence-electron chi connectivity index (χ0n) is 8.59. The zero-order chi connectivity index (χ0) is 9.64. The van der Waals surface area contributed by atoms with Crippen LogP contribution in [0.15, 0.2) is 4.99 Å². The highest BCUT2D eigenvalue weighted by Crippen LogP contribution is 2.12. The summed E-state index contributed by atoms with van der Waals surface area (Å²) in [5.41, 5.74) is 0. The second kappa shape index (κ2) is 5.20. The molecule has 2 heterocycles. The maximum absolute atomic E-state index is 5.32. The number of nitrogens with one attached hydrogen (secondary N) is 2. The second-order valence-corrected chi connectivity index (χ2v) is 3.95. The van der Waals surface area contributed by atoms with Crippen LogP contribution in [0.25, 0.3) is 0 Å². The van der Waals surface area contributed by atoms with Gasteiger partial charge in [0.15, 0.2) is 5.96 Å². The van der Waals surface area contributed by atoms with Crippen molar-refractivity contribution in [1.82, 2.24) is 10.6 Å². The van der Waals surface area contributed by atoms with Crippen molar-refractivity contribution in [2.75, 3.05) is 32.8 Å². The first-order chi connectivity index (χ1) is 6.95. The van der Waals surface area contributed by atoms with Gasteiger partial charge in [-0.15, -0.1) is 0 Å². The lowest BCUT2D eigenvalue weighted by Crippen LogP contribution is -2.43. The van der Waals surface area contributed by atoms with Crippen LogP contribution in [0.3, 0.4) is 0 Å². The molecule has 2 aliphatic rings. The minimum absolute atomic E-state index is 0.759. The lowest BCUT2D eigenvalue weighted by atomic mass is 10.0. The Morgan fingerprint density at radius 1 is 1.43 bits per heavy atom. The van der Waals surface area contributed by atoms with E-state index in [4.69, 9.17) is 4.74 Å². The van der Waals surface area contributed by atoms with Crippen LogP contribution in [0.2, 0.25) is 0 Å². The van der Waals surface area contributed by atoms with Gasteiger partial charge in [-0.3, -0.25) is 4.99 Å². The van der Waals surface area contributed by atoms with Crippen molar-refractivity contribution >= 4 is 5.96 Å². The Balaban J connectivity index is 1.67. The zero-order valence-corrected chi connectivity index (χ0v) is 8.59. The fourth-order valence-electron chi connectivity index (χ4n) is 1.84. The highest BCUT2D eigenvalue weighted by atomic mass is 16.5. The molecule has 2 N–H and O–H groups in total. The topological polar surface area (TPSA) is 45.7 Å². The molecule has 0 aromatic heterocycles. The van der Waals surface area contributed by atoms with Crippen molar-refractivity contribution < 1.29 is 4.74 Å². The summed E-state index contributed by atoms with van der Waals surface area (Å²) in [5, 5.41) is 6.64. The summed E-state index contributed by atoms with van der Waals surface area (Å²) in [7, 11) is 0. The summed E-state index contributed by atoms with van der Waals surface area (Å²) in [5.74, 6) is 1.75. The second-order valence-electron chi connectivity index (χ2n) is 3.95. The number of guanidine groups is 1. The molecular weight excluding hydrogens is 178 g/mol. The fraction of sp³-hybridized carbons (Fsp3) is 0.900.